The number of benzene rings is 1. The molecule has 0 aromatic heterocycles. The SMILES string of the molecule is C/C=c1/ccc2c(/c1=C/CC)C(=O)CCC2.CC. The van der Waals surface area contributed by atoms with Gasteiger partial charge in [0.1, 0.15) is 0 Å². The van der Waals surface area contributed by atoms with Crippen LogP contribution in [0.1, 0.15) is 62.9 Å². The van der Waals surface area contributed by atoms with Crippen LogP contribution in [0.5, 0.6) is 0 Å². The molecule has 0 fully saturated rings. The number of hydrogen-bond acceptors (Lipinski definition) is 1. The monoisotopic (exact) mass is 244 g/mol. The lowest BCUT2D eigenvalue weighted by atomic mass is 9.88. The molecule has 0 heterocycles. The zero-order valence-corrected chi connectivity index (χ0v) is 12.0. The van der Waals surface area contributed by atoms with E-state index in [-0.39, 0.29) is 0 Å². The van der Waals surface area contributed by atoms with E-state index < -0.39 is 0 Å². The Bertz CT molecular complexity index is 523. The van der Waals surface area contributed by atoms with Gasteiger partial charge in [-0.05, 0) is 42.2 Å². The largest absolute Gasteiger partial charge is 0.294 e. The van der Waals surface area contributed by atoms with Crippen molar-refractivity contribution in [3.05, 3.63) is 33.7 Å². The molecule has 1 aromatic rings. The highest BCUT2D eigenvalue weighted by molar-refractivity contribution is 5.98. The van der Waals surface area contributed by atoms with Crippen LogP contribution in [-0.2, 0) is 6.42 Å². The van der Waals surface area contributed by atoms with Crippen molar-refractivity contribution in [1.82, 2.24) is 0 Å². The highest BCUT2D eigenvalue weighted by atomic mass is 16.1. The summed E-state index contributed by atoms with van der Waals surface area (Å²) in [7, 11) is 0. The maximum absolute atomic E-state index is 12.0. The minimum Gasteiger partial charge on any atom is -0.294 e. The number of Topliss-reactive ketones (excluding diaryl/α,β-unsaturated/α-hetero) is 1. The Morgan fingerprint density at radius 3 is 2.56 bits per heavy atom. The molecular weight excluding hydrogens is 220 g/mol. The minimum absolute atomic E-state index is 0.324. The molecule has 0 unspecified atom stereocenters. The molecule has 0 radical (unpaired) electrons. The molecule has 1 aliphatic carbocycles. The van der Waals surface area contributed by atoms with Gasteiger partial charge in [-0.2, -0.15) is 0 Å². The first-order chi connectivity index (χ1) is 8.77. The van der Waals surface area contributed by atoms with Gasteiger partial charge in [-0.3, -0.25) is 4.79 Å². The highest BCUT2D eigenvalue weighted by Gasteiger charge is 2.17. The number of ketones is 1. The average molecular weight is 244 g/mol. The number of carbonyl (C=O) groups is 1. The van der Waals surface area contributed by atoms with Crippen LogP contribution in [0.25, 0.3) is 12.2 Å². The van der Waals surface area contributed by atoms with Gasteiger partial charge in [-0.1, -0.05) is 45.1 Å². The zero-order valence-electron chi connectivity index (χ0n) is 12.0. The Hall–Kier alpha value is -1.37. The van der Waals surface area contributed by atoms with Gasteiger partial charge in [-0.15, -0.1) is 0 Å². The van der Waals surface area contributed by atoms with Crippen LogP contribution in [0.15, 0.2) is 12.1 Å². The summed E-state index contributed by atoms with van der Waals surface area (Å²) in [6, 6.07) is 4.26. The molecule has 0 saturated carbocycles. The molecule has 0 spiro atoms. The van der Waals surface area contributed by atoms with Crippen molar-refractivity contribution >= 4 is 17.9 Å². The Balaban J connectivity index is 0.000000771. The van der Waals surface area contributed by atoms with Gasteiger partial charge in [0.15, 0.2) is 5.78 Å². The van der Waals surface area contributed by atoms with Gasteiger partial charge in [0.2, 0.25) is 0 Å². The summed E-state index contributed by atoms with van der Waals surface area (Å²) >= 11 is 0. The van der Waals surface area contributed by atoms with E-state index in [4.69, 9.17) is 0 Å². The van der Waals surface area contributed by atoms with E-state index in [9.17, 15) is 4.79 Å². The fourth-order valence-corrected chi connectivity index (χ4v) is 2.46. The third-order valence-electron chi connectivity index (χ3n) is 3.21. The van der Waals surface area contributed by atoms with E-state index in [1.807, 2.05) is 20.8 Å². The average Bonchev–Trinajstić information content (AvgIpc) is 2.42. The van der Waals surface area contributed by atoms with Crippen LogP contribution in [0.3, 0.4) is 0 Å². The van der Waals surface area contributed by atoms with Crippen molar-refractivity contribution in [1.29, 1.82) is 0 Å². The maximum Gasteiger partial charge on any atom is 0.163 e. The molecule has 1 aliphatic rings. The molecular formula is C17H24O. The number of carbonyl (C=O) groups excluding carboxylic acids is 1. The third kappa shape index (κ3) is 2.90. The molecule has 1 heteroatoms. The van der Waals surface area contributed by atoms with Crippen LogP contribution < -0.4 is 10.4 Å². The van der Waals surface area contributed by atoms with Gasteiger partial charge in [0, 0.05) is 12.0 Å². The standard InChI is InChI=1S/C15H18O.C2H6/c1-3-6-13-11(4-2)9-10-12-7-5-8-14(16)15(12)13;1-2/h4,6,9-10H,3,5,7-8H2,1-2H3;1-2H3/b11-4-,13-6+;. The lowest BCUT2D eigenvalue weighted by Crippen LogP contribution is -2.33. The smallest absolute Gasteiger partial charge is 0.163 e. The van der Waals surface area contributed by atoms with Crippen LogP contribution in [-0.4, -0.2) is 5.78 Å². The van der Waals surface area contributed by atoms with E-state index in [1.165, 1.54) is 10.8 Å². The first-order valence-electron chi connectivity index (χ1n) is 7.09. The van der Waals surface area contributed by atoms with Crippen molar-refractivity contribution in [2.45, 2.75) is 53.4 Å². The third-order valence-corrected chi connectivity index (χ3v) is 3.21. The van der Waals surface area contributed by atoms with E-state index >= 15 is 0 Å². The lowest BCUT2D eigenvalue weighted by molar-refractivity contribution is 0.0971. The summed E-state index contributed by atoms with van der Waals surface area (Å²) in [6.45, 7) is 8.15. The topological polar surface area (TPSA) is 17.1 Å². The second-order valence-corrected chi connectivity index (χ2v) is 4.28. The predicted molar refractivity (Wildman–Crippen MR) is 79.2 cm³/mol. The summed E-state index contributed by atoms with van der Waals surface area (Å²) in [5, 5.41) is 2.35. The molecule has 2 rings (SSSR count). The number of fused-ring (bicyclic) bond motifs is 1. The number of hydrogen-bond donors (Lipinski definition) is 0. The normalized spacial score (nSPS) is 16.1. The molecule has 1 nitrogen and oxygen atoms in total. The zero-order chi connectivity index (χ0) is 13.5. The van der Waals surface area contributed by atoms with Crippen molar-refractivity contribution < 1.29 is 4.79 Å². The second kappa shape index (κ2) is 7.15. The first-order valence-corrected chi connectivity index (χ1v) is 7.09. The molecule has 98 valence electrons. The number of aryl methyl sites for hydroxylation is 1. The Kier molecular flexibility index (Phi) is 5.84. The van der Waals surface area contributed by atoms with E-state index in [0.29, 0.717) is 12.2 Å². The Labute approximate surface area is 110 Å². The Morgan fingerprint density at radius 2 is 1.94 bits per heavy atom. The van der Waals surface area contributed by atoms with Crippen LogP contribution in [0.4, 0.5) is 0 Å². The molecule has 0 N–H and O–H groups in total. The summed E-state index contributed by atoms with van der Waals surface area (Å²) in [5.74, 6) is 0.324. The van der Waals surface area contributed by atoms with Crippen LogP contribution in [0, 0.1) is 0 Å². The number of rotatable bonds is 1. The molecule has 1 aromatic carbocycles. The Morgan fingerprint density at radius 1 is 1.22 bits per heavy atom. The van der Waals surface area contributed by atoms with Gasteiger partial charge in [-0.25, -0.2) is 0 Å². The summed E-state index contributed by atoms with van der Waals surface area (Å²) in [4.78, 5) is 12.0. The van der Waals surface area contributed by atoms with E-state index in [2.05, 4.69) is 31.2 Å². The summed E-state index contributed by atoms with van der Waals surface area (Å²) in [5.41, 5.74) is 2.23. The first kappa shape index (κ1) is 14.7. The molecule has 0 bridgehead atoms. The van der Waals surface area contributed by atoms with Gasteiger partial charge in [0.05, 0.1) is 0 Å². The van der Waals surface area contributed by atoms with E-state index in [0.717, 1.165) is 30.0 Å². The second-order valence-electron chi connectivity index (χ2n) is 4.28. The molecule has 0 atom stereocenters. The van der Waals surface area contributed by atoms with Crippen molar-refractivity contribution in [3.8, 4) is 0 Å². The fourth-order valence-electron chi connectivity index (χ4n) is 2.46. The fraction of sp³-hybridized carbons (Fsp3) is 0.471. The van der Waals surface area contributed by atoms with Gasteiger partial charge < -0.3 is 0 Å². The molecule has 0 aliphatic heterocycles. The van der Waals surface area contributed by atoms with E-state index in [1.54, 1.807) is 0 Å². The minimum atomic E-state index is 0.324. The van der Waals surface area contributed by atoms with Gasteiger partial charge >= 0.3 is 0 Å². The molecule has 18 heavy (non-hydrogen) atoms. The predicted octanol–water partition coefficient (Wildman–Crippen LogP) is 3.22. The van der Waals surface area contributed by atoms with Crippen LogP contribution >= 0.6 is 0 Å². The van der Waals surface area contributed by atoms with Crippen molar-refractivity contribution in [2.24, 2.45) is 0 Å². The molecule has 0 amide bonds. The quantitative estimate of drug-likeness (QED) is 0.741. The lowest BCUT2D eigenvalue weighted by Gasteiger charge is -2.15. The summed E-state index contributed by atoms with van der Waals surface area (Å²) < 4.78 is 0. The van der Waals surface area contributed by atoms with Crippen molar-refractivity contribution in [3.63, 3.8) is 0 Å². The van der Waals surface area contributed by atoms with Gasteiger partial charge in [0.25, 0.3) is 0 Å². The maximum atomic E-state index is 12.0. The summed E-state index contributed by atoms with van der Waals surface area (Å²) in [6.07, 6.45) is 8.01. The van der Waals surface area contributed by atoms with Crippen LogP contribution in [0.2, 0.25) is 0 Å². The van der Waals surface area contributed by atoms with Crippen molar-refractivity contribution in [2.75, 3.05) is 0 Å². The highest BCUT2D eigenvalue weighted by Crippen LogP contribution is 2.16. The molecule has 0 saturated heterocycles.